The van der Waals surface area contributed by atoms with Crippen molar-refractivity contribution in [1.29, 1.82) is 5.26 Å². The minimum absolute atomic E-state index is 0.104. The second kappa shape index (κ2) is 11.2. The van der Waals surface area contributed by atoms with Crippen LogP contribution in [0.5, 0.6) is 0 Å². The van der Waals surface area contributed by atoms with Crippen LogP contribution >= 0.6 is 23.2 Å². The molecule has 0 radical (unpaired) electrons. The molecule has 1 aliphatic heterocycles. The van der Waals surface area contributed by atoms with Gasteiger partial charge in [-0.15, -0.1) is 0 Å². The molecule has 38 heavy (non-hydrogen) atoms. The number of carbonyl (C=O) groups is 1. The van der Waals surface area contributed by atoms with Crippen molar-refractivity contribution >= 4 is 46.5 Å². The summed E-state index contributed by atoms with van der Waals surface area (Å²) in [7, 11) is 2.05. The Hall–Kier alpha value is -3.91. The number of anilines is 2. The van der Waals surface area contributed by atoms with Crippen molar-refractivity contribution in [3.8, 4) is 17.3 Å². The minimum Gasteiger partial charge on any atom is -0.368 e. The second-order valence-electron chi connectivity index (χ2n) is 8.94. The van der Waals surface area contributed by atoms with Crippen molar-refractivity contribution in [2.24, 2.45) is 0 Å². The molecule has 1 amide bonds. The monoisotopic (exact) mass is 549 g/mol. The normalized spacial score (nSPS) is 13.9. The van der Waals surface area contributed by atoms with E-state index in [1.807, 2.05) is 18.0 Å². The van der Waals surface area contributed by atoms with Crippen LogP contribution in [0.2, 0.25) is 10.0 Å². The van der Waals surface area contributed by atoms with Gasteiger partial charge in [-0.1, -0.05) is 23.2 Å². The summed E-state index contributed by atoms with van der Waals surface area (Å²) in [5.74, 6) is 1.07. The highest BCUT2D eigenvalue weighted by Gasteiger charge is 2.23. The molecule has 0 atom stereocenters. The molecule has 10 nitrogen and oxygen atoms in total. The molecule has 0 bridgehead atoms. The van der Waals surface area contributed by atoms with E-state index >= 15 is 0 Å². The smallest absolute Gasteiger partial charge is 0.274 e. The summed E-state index contributed by atoms with van der Waals surface area (Å²) in [6, 6.07) is 12.5. The summed E-state index contributed by atoms with van der Waals surface area (Å²) in [6.07, 6.45) is 3.23. The molecule has 12 heteroatoms. The molecular formula is C26H25Cl2N9O. The van der Waals surface area contributed by atoms with E-state index in [9.17, 15) is 4.79 Å². The van der Waals surface area contributed by atoms with Gasteiger partial charge < -0.3 is 20.4 Å². The number of pyridine rings is 1. The quantitative estimate of drug-likeness (QED) is 0.334. The molecule has 4 heterocycles. The number of halogens is 2. The molecule has 2 N–H and O–H groups in total. The Kier molecular flexibility index (Phi) is 7.60. The molecule has 1 fully saturated rings. The van der Waals surface area contributed by atoms with Gasteiger partial charge >= 0.3 is 0 Å². The molecular weight excluding hydrogens is 525 g/mol. The highest BCUT2D eigenvalue weighted by atomic mass is 35.5. The average Bonchev–Trinajstić information content (AvgIpc) is 3.36. The van der Waals surface area contributed by atoms with Crippen LogP contribution < -0.4 is 10.6 Å². The lowest BCUT2D eigenvalue weighted by molar-refractivity contribution is 0.0659. The third-order valence-corrected chi connectivity index (χ3v) is 6.82. The fourth-order valence-corrected chi connectivity index (χ4v) is 4.66. The molecule has 1 saturated heterocycles. The van der Waals surface area contributed by atoms with E-state index < -0.39 is 0 Å². The SMILES string of the molecule is CN1CCN(C(=O)c2cn3c(NCCNc4ccc(C#N)cn4)nc(-c4ccc(Cl)cc4Cl)cc3n2)CC1. The number of imidazole rings is 1. The predicted molar refractivity (Wildman–Crippen MR) is 148 cm³/mol. The summed E-state index contributed by atoms with van der Waals surface area (Å²) in [5.41, 5.74) is 2.74. The third kappa shape index (κ3) is 5.65. The van der Waals surface area contributed by atoms with Crippen molar-refractivity contribution in [1.82, 2.24) is 29.2 Å². The van der Waals surface area contributed by atoms with Gasteiger partial charge in [0.05, 0.1) is 16.3 Å². The molecule has 194 valence electrons. The number of benzene rings is 1. The van der Waals surface area contributed by atoms with Crippen LogP contribution in [0.4, 0.5) is 11.8 Å². The van der Waals surface area contributed by atoms with Gasteiger partial charge in [0, 0.05) is 68.3 Å². The van der Waals surface area contributed by atoms with E-state index in [-0.39, 0.29) is 5.91 Å². The molecule has 0 saturated carbocycles. The van der Waals surface area contributed by atoms with Crippen LogP contribution in [0.25, 0.3) is 16.9 Å². The summed E-state index contributed by atoms with van der Waals surface area (Å²) < 4.78 is 1.77. The number of amides is 1. The van der Waals surface area contributed by atoms with Crippen molar-refractivity contribution in [3.63, 3.8) is 0 Å². The second-order valence-corrected chi connectivity index (χ2v) is 9.78. The molecule has 1 aromatic carbocycles. The van der Waals surface area contributed by atoms with Gasteiger partial charge in [-0.05, 0) is 37.4 Å². The van der Waals surface area contributed by atoms with Crippen molar-refractivity contribution in [2.45, 2.75) is 0 Å². The lowest BCUT2D eigenvalue weighted by Gasteiger charge is -2.31. The van der Waals surface area contributed by atoms with Crippen LogP contribution in [0.1, 0.15) is 16.1 Å². The summed E-state index contributed by atoms with van der Waals surface area (Å²) in [4.78, 5) is 30.9. The Balaban J connectivity index is 1.41. The minimum atomic E-state index is -0.104. The number of fused-ring (bicyclic) bond motifs is 1. The van der Waals surface area contributed by atoms with Gasteiger partial charge in [-0.2, -0.15) is 5.26 Å². The van der Waals surface area contributed by atoms with Gasteiger partial charge in [-0.25, -0.2) is 15.0 Å². The summed E-state index contributed by atoms with van der Waals surface area (Å²) in [5, 5.41) is 16.5. The van der Waals surface area contributed by atoms with Gasteiger partial charge in [-0.3, -0.25) is 9.20 Å². The maximum absolute atomic E-state index is 13.2. The van der Waals surface area contributed by atoms with Gasteiger partial charge in [0.25, 0.3) is 5.91 Å². The first-order valence-corrected chi connectivity index (χ1v) is 12.8. The first-order chi connectivity index (χ1) is 18.4. The first-order valence-electron chi connectivity index (χ1n) is 12.1. The lowest BCUT2D eigenvalue weighted by atomic mass is 10.1. The third-order valence-electron chi connectivity index (χ3n) is 6.28. The van der Waals surface area contributed by atoms with E-state index in [1.54, 1.807) is 40.9 Å². The van der Waals surface area contributed by atoms with Crippen LogP contribution in [0.15, 0.2) is 48.8 Å². The van der Waals surface area contributed by atoms with E-state index in [0.29, 0.717) is 76.2 Å². The fourth-order valence-electron chi connectivity index (χ4n) is 4.15. The van der Waals surface area contributed by atoms with Crippen LogP contribution in [-0.4, -0.2) is 81.4 Å². The number of likely N-dealkylation sites (N-methyl/N-ethyl adjacent to an activating group) is 1. The van der Waals surface area contributed by atoms with Gasteiger partial charge in [0.1, 0.15) is 23.2 Å². The number of piperazine rings is 1. The fraction of sp³-hybridized carbons (Fsp3) is 0.269. The summed E-state index contributed by atoms with van der Waals surface area (Å²) >= 11 is 12.6. The number of nitrogens with one attached hydrogen (secondary N) is 2. The molecule has 0 spiro atoms. The van der Waals surface area contributed by atoms with Crippen molar-refractivity contribution in [3.05, 3.63) is 70.1 Å². The van der Waals surface area contributed by atoms with E-state index in [2.05, 4.69) is 31.6 Å². The standard InChI is InChI=1S/C26H25Cl2N9O/c1-35-8-10-36(11-9-35)25(38)22-16-37-24(33-22)13-21(19-4-3-18(27)12-20(19)28)34-26(37)31-7-6-30-23-5-2-17(14-29)15-32-23/h2-5,12-13,15-16H,6-11H2,1H3,(H,30,32)(H,31,34). The zero-order valence-corrected chi connectivity index (χ0v) is 22.2. The number of nitriles is 1. The largest absolute Gasteiger partial charge is 0.368 e. The number of hydrogen-bond acceptors (Lipinski definition) is 8. The Morgan fingerprint density at radius 3 is 2.55 bits per heavy atom. The zero-order chi connectivity index (χ0) is 26.6. The van der Waals surface area contributed by atoms with E-state index in [1.165, 1.54) is 6.20 Å². The highest BCUT2D eigenvalue weighted by Crippen LogP contribution is 2.31. The molecule has 0 aliphatic carbocycles. The number of aromatic nitrogens is 4. The topological polar surface area (TPSA) is 114 Å². The molecule has 3 aromatic heterocycles. The zero-order valence-electron chi connectivity index (χ0n) is 20.7. The Bertz CT molecular complexity index is 1510. The number of rotatable bonds is 7. The number of nitrogens with zero attached hydrogens (tertiary/aromatic N) is 7. The predicted octanol–water partition coefficient (Wildman–Crippen LogP) is 3.88. The molecule has 5 rings (SSSR count). The average molecular weight is 550 g/mol. The van der Waals surface area contributed by atoms with Gasteiger partial charge in [0.2, 0.25) is 5.95 Å². The highest BCUT2D eigenvalue weighted by molar-refractivity contribution is 6.36. The summed E-state index contributed by atoms with van der Waals surface area (Å²) in [6.45, 7) is 4.01. The Morgan fingerprint density at radius 2 is 1.84 bits per heavy atom. The number of carbonyl (C=O) groups excluding carboxylic acids is 1. The number of hydrogen-bond donors (Lipinski definition) is 2. The van der Waals surface area contributed by atoms with Crippen molar-refractivity contribution in [2.75, 3.05) is 56.9 Å². The molecule has 0 unspecified atom stereocenters. The Morgan fingerprint density at radius 1 is 1.05 bits per heavy atom. The lowest BCUT2D eigenvalue weighted by Crippen LogP contribution is -2.47. The van der Waals surface area contributed by atoms with E-state index in [4.69, 9.17) is 33.4 Å². The van der Waals surface area contributed by atoms with Crippen LogP contribution in [0.3, 0.4) is 0 Å². The maximum Gasteiger partial charge on any atom is 0.274 e. The van der Waals surface area contributed by atoms with Crippen molar-refractivity contribution < 1.29 is 4.79 Å². The first kappa shape index (κ1) is 25.7. The Labute approximate surface area is 229 Å². The maximum atomic E-state index is 13.2. The van der Waals surface area contributed by atoms with E-state index in [0.717, 1.165) is 13.1 Å². The molecule has 4 aromatic rings. The molecule has 1 aliphatic rings. The van der Waals surface area contributed by atoms with Crippen LogP contribution in [0, 0.1) is 11.3 Å². The van der Waals surface area contributed by atoms with Crippen LogP contribution in [-0.2, 0) is 0 Å². The van der Waals surface area contributed by atoms with Gasteiger partial charge in [0.15, 0.2) is 0 Å².